The Morgan fingerprint density at radius 1 is 1.26 bits per heavy atom. The minimum Gasteiger partial charge on any atom is -0.466 e. The lowest BCUT2D eigenvalue weighted by Crippen LogP contribution is -2.32. The van der Waals surface area contributed by atoms with Crippen molar-refractivity contribution >= 4 is 21.9 Å². The van der Waals surface area contributed by atoms with Gasteiger partial charge in [0.1, 0.15) is 0 Å². The molecule has 1 aromatic rings. The molecule has 0 aliphatic rings. The van der Waals surface area contributed by atoms with Crippen LogP contribution in [-0.4, -0.2) is 17.9 Å². The Balaban J connectivity index is 2.88. The Morgan fingerprint density at radius 3 is 2.37 bits per heavy atom. The van der Waals surface area contributed by atoms with Gasteiger partial charge in [0, 0.05) is 5.33 Å². The molecule has 1 rings (SSSR count). The lowest BCUT2D eigenvalue weighted by molar-refractivity contribution is -0.150. The molecule has 0 radical (unpaired) electrons. The molecule has 106 valence electrons. The number of alkyl halides is 1. The lowest BCUT2D eigenvalue weighted by Gasteiger charge is -2.27. The van der Waals surface area contributed by atoms with Crippen molar-refractivity contribution in [3.8, 4) is 0 Å². The molecule has 0 saturated carbocycles. The van der Waals surface area contributed by atoms with Crippen molar-refractivity contribution in [3.63, 3.8) is 0 Å². The summed E-state index contributed by atoms with van der Waals surface area (Å²) < 4.78 is 5.25. The predicted octanol–water partition coefficient (Wildman–Crippen LogP) is 4.08. The standard InChI is InChI=1S/C16H23BrO2/c1-4-19-16(18)14(15(11-17)12(2)3)10-13-8-6-5-7-9-13/h5-9,12,14-15H,4,10-11H2,1-3H3/t14-,15-/m1/s1. The first-order valence-electron chi connectivity index (χ1n) is 6.86. The molecule has 0 heterocycles. The highest BCUT2D eigenvalue weighted by Gasteiger charge is 2.31. The van der Waals surface area contributed by atoms with E-state index in [-0.39, 0.29) is 11.9 Å². The number of carbonyl (C=O) groups excluding carboxylic acids is 1. The Bertz CT molecular complexity index is 376. The normalized spacial score (nSPS) is 14.2. The van der Waals surface area contributed by atoms with Gasteiger partial charge in [-0.3, -0.25) is 4.79 Å². The molecule has 2 nitrogen and oxygen atoms in total. The van der Waals surface area contributed by atoms with E-state index in [9.17, 15) is 4.79 Å². The zero-order valence-electron chi connectivity index (χ0n) is 11.9. The fourth-order valence-electron chi connectivity index (χ4n) is 2.28. The van der Waals surface area contributed by atoms with Crippen LogP contribution in [0.2, 0.25) is 0 Å². The van der Waals surface area contributed by atoms with E-state index in [1.165, 1.54) is 5.56 Å². The number of hydrogen-bond acceptors (Lipinski definition) is 2. The fraction of sp³-hybridized carbons (Fsp3) is 0.562. The molecule has 0 aliphatic carbocycles. The van der Waals surface area contributed by atoms with Crippen molar-refractivity contribution in [2.75, 3.05) is 11.9 Å². The van der Waals surface area contributed by atoms with Gasteiger partial charge in [-0.15, -0.1) is 0 Å². The van der Waals surface area contributed by atoms with Gasteiger partial charge in [0.2, 0.25) is 0 Å². The van der Waals surface area contributed by atoms with Crippen molar-refractivity contribution < 1.29 is 9.53 Å². The molecule has 3 heteroatoms. The van der Waals surface area contributed by atoms with Crippen LogP contribution in [0.5, 0.6) is 0 Å². The van der Waals surface area contributed by atoms with Crippen molar-refractivity contribution in [1.82, 2.24) is 0 Å². The highest BCUT2D eigenvalue weighted by atomic mass is 79.9. The van der Waals surface area contributed by atoms with Gasteiger partial charge in [0.25, 0.3) is 0 Å². The summed E-state index contributed by atoms with van der Waals surface area (Å²) in [7, 11) is 0. The summed E-state index contributed by atoms with van der Waals surface area (Å²) in [6.45, 7) is 6.61. The number of hydrogen-bond donors (Lipinski definition) is 0. The summed E-state index contributed by atoms with van der Waals surface area (Å²) in [5.74, 6) is 0.572. The van der Waals surface area contributed by atoms with Crippen LogP contribution in [0.4, 0.5) is 0 Å². The lowest BCUT2D eigenvalue weighted by atomic mass is 9.81. The van der Waals surface area contributed by atoms with Gasteiger partial charge in [-0.05, 0) is 30.7 Å². The molecule has 0 aliphatic heterocycles. The smallest absolute Gasteiger partial charge is 0.309 e. The van der Waals surface area contributed by atoms with E-state index in [1.54, 1.807) is 0 Å². The molecule has 2 atom stereocenters. The first kappa shape index (κ1) is 16.2. The molecule has 0 aromatic heterocycles. The SMILES string of the molecule is CCOC(=O)[C@H](Cc1ccccc1)[C@H](CBr)C(C)C. The summed E-state index contributed by atoms with van der Waals surface area (Å²) >= 11 is 3.54. The molecule has 0 N–H and O–H groups in total. The molecule has 1 aromatic carbocycles. The molecule has 0 fully saturated rings. The minimum atomic E-state index is -0.0817. The average molecular weight is 327 g/mol. The minimum absolute atomic E-state index is 0.0792. The van der Waals surface area contributed by atoms with Gasteiger partial charge in [-0.1, -0.05) is 60.1 Å². The third kappa shape index (κ3) is 4.98. The van der Waals surface area contributed by atoms with Crippen LogP contribution in [0.3, 0.4) is 0 Å². The number of carbonyl (C=O) groups is 1. The summed E-state index contributed by atoms with van der Waals surface area (Å²) in [6.07, 6.45) is 0.744. The fourth-order valence-corrected chi connectivity index (χ4v) is 3.48. The Labute approximate surface area is 124 Å². The molecule has 0 amide bonds. The molecular formula is C16H23BrO2. The quantitative estimate of drug-likeness (QED) is 0.557. The van der Waals surface area contributed by atoms with Crippen LogP contribution in [0.25, 0.3) is 0 Å². The second-order valence-electron chi connectivity index (χ2n) is 5.11. The Kier molecular flexibility index (Phi) is 7.14. The van der Waals surface area contributed by atoms with Crippen molar-refractivity contribution in [3.05, 3.63) is 35.9 Å². The van der Waals surface area contributed by atoms with Gasteiger partial charge in [-0.2, -0.15) is 0 Å². The zero-order chi connectivity index (χ0) is 14.3. The highest BCUT2D eigenvalue weighted by Crippen LogP contribution is 2.27. The summed E-state index contributed by atoms with van der Waals surface area (Å²) in [4.78, 5) is 12.2. The summed E-state index contributed by atoms with van der Waals surface area (Å²) in [5.41, 5.74) is 1.19. The van der Waals surface area contributed by atoms with Crippen molar-refractivity contribution in [2.45, 2.75) is 27.2 Å². The Morgan fingerprint density at radius 2 is 1.89 bits per heavy atom. The molecule has 19 heavy (non-hydrogen) atoms. The van der Waals surface area contributed by atoms with Crippen LogP contribution in [-0.2, 0) is 16.0 Å². The van der Waals surface area contributed by atoms with Crippen LogP contribution in [0.15, 0.2) is 30.3 Å². The maximum Gasteiger partial charge on any atom is 0.309 e. The maximum atomic E-state index is 12.2. The van der Waals surface area contributed by atoms with Gasteiger partial charge in [-0.25, -0.2) is 0 Å². The second-order valence-corrected chi connectivity index (χ2v) is 5.76. The third-order valence-corrected chi connectivity index (χ3v) is 4.19. The number of rotatable bonds is 7. The molecule has 0 bridgehead atoms. The van der Waals surface area contributed by atoms with E-state index in [1.807, 2.05) is 25.1 Å². The van der Waals surface area contributed by atoms with Gasteiger partial charge in [0.05, 0.1) is 12.5 Å². The van der Waals surface area contributed by atoms with E-state index >= 15 is 0 Å². The third-order valence-electron chi connectivity index (χ3n) is 3.44. The molecule has 0 unspecified atom stereocenters. The van der Waals surface area contributed by atoms with Crippen molar-refractivity contribution in [1.29, 1.82) is 0 Å². The van der Waals surface area contributed by atoms with E-state index in [4.69, 9.17) is 4.74 Å². The van der Waals surface area contributed by atoms with Crippen LogP contribution in [0, 0.1) is 17.8 Å². The van der Waals surface area contributed by atoms with Crippen molar-refractivity contribution in [2.24, 2.45) is 17.8 Å². The molecule has 0 saturated heterocycles. The zero-order valence-corrected chi connectivity index (χ0v) is 13.5. The van der Waals surface area contributed by atoms with Gasteiger partial charge < -0.3 is 4.74 Å². The monoisotopic (exact) mass is 326 g/mol. The molecule has 0 spiro atoms. The Hall–Kier alpha value is -0.830. The molecular weight excluding hydrogens is 304 g/mol. The number of benzene rings is 1. The van der Waals surface area contributed by atoms with E-state index in [0.717, 1.165) is 11.8 Å². The van der Waals surface area contributed by atoms with Gasteiger partial charge in [0.15, 0.2) is 0 Å². The maximum absolute atomic E-state index is 12.2. The van der Waals surface area contributed by atoms with Gasteiger partial charge >= 0.3 is 5.97 Å². The highest BCUT2D eigenvalue weighted by molar-refractivity contribution is 9.09. The van der Waals surface area contributed by atoms with Crippen LogP contribution < -0.4 is 0 Å². The summed E-state index contributed by atoms with van der Waals surface area (Å²) in [5, 5.41) is 0.820. The van der Waals surface area contributed by atoms with Crippen LogP contribution in [0.1, 0.15) is 26.3 Å². The number of ether oxygens (including phenoxy) is 1. The average Bonchev–Trinajstić information content (AvgIpc) is 2.39. The summed E-state index contributed by atoms with van der Waals surface area (Å²) in [6, 6.07) is 10.1. The second kappa shape index (κ2) is 8.36. The van der Waals surface area contributed by atoms with Crippen LogP contribution >= 0.6 is 15.9 Å². The topological polar surface area (TPSA) is 26.3 Å². The largest absolute Gasteiger partial charge is 0.466 e. The number of halogens is 1. The van der Waals surface area contributed by atoms with E-state index < -0.39 is 0 Å². The number of esters is 1. The van der Waals surface area contributed by atoms with E-state index in [0.29, 0.717) is 18.4 Å². The van der Waals surface area contributed by atoms with E-state index in [2.05, 4.69) is 41.9 Å². The first-order valence-corrected chi connectivity index (χ1v) is 7.98. The predicted molar refractivity (Wildman–Crippen MR) is 82.4 cm³/mol. The first-order chi connectivity index (χ1) is 9.10.